The van der Waals surface area contributed by atoms with Crippen molar-refractivity contribution in [2.45, 2.75) is 6.04 Å². The zero-order valence-electron chi connectivity index (χ0n) is 8.85. The van der Waals surface area contributed by atoms with E-state index in [-0.39, 0.29) is 17.8 Å². The lowest BCUT2D eigenvalue weighted by molar-refractivity contribution is 0.0960. The highest BCUT2D eigenvalue weighted by Crippen LogP contribution is 2.29. The van der Waals surface area contributed by atoms with Gasteiger partial charge in [-0.3, -0.25) is 9.78 Å². The van der Waals surface area contributed by atoms with E-state index in [2.05, 4.69) is 10.3 Å². The third-order valence-electron chi connectivity index (χ3n) is 2.84. The molecule has 1 aromatic carbocycles. The molecule has 1 aliphatic heterocycles. The molecule has 17 heavy (non-hydrogen) atoms. The monoisotopic (exact) mass is 228 g/mol. The fourth-order valence-corrected chi connectivity index (χ4v) is 2.03. The molecule has 84 valence electrons. The summed E-state index contributed by atoms with van der Waals surface area (Å²) in [6.45, 7) is 0. The molecule has 2 heterocycles. The van der Waals surface area contributed by atoms with Crippen LogP contribution in [0.4, 0.5) is 4.39 Å². The summed E-state index contributed by atoms with van der Waals surface area (Å²) in [5, 5.41) is 2.83. The molecule has 1 aromatic heterocycles. The SMILES string of the molecule is O=C1NC(c2ccc(F)cn2)c2ccccc21. The van der Waals surface area contributed by atoms with Crippen LogP contribution in [0.15, 0.2) is 42.6 Å². The first-order valence-electron chi connectivity index (χ1n) is 5.27. The number of amides is 1. The molecule has 1 N–H and O–H groups in total. The van der Waals surface area contributed by atoms with Gasteiger partial charge in [-0.05, 0) is 23.8 Å². The van der Waals surface area contributed by atoms with Crippen LogP contribution in [0.3, 0.4) is 0 Å². The first-order valence-corrected chi connectivity index (χ1v) is 5.27. The Balaban J connectivity index is 2.07. The number of hydrogen-bond donors (Lipinski definition) is 1. The van der Waals surface area contributed by atoms with Crippen molar-refractivity contribution in [1.29, 1.82) is 0 Å². The van der Waals surface area contributed by atoms with Gasteiger partial charge in [-0.1, -0.05) is 18.2 Å². The molecule has 1 amide bonds. The van der Waals surface area contributed by atoms with Gasteiger partial charge < -0.3 is 5.32 Å². The van der Waals surface area contributed by atoms with Gasteiger partial charge >= 0.3 is 0 Å². The number of pyridine rings is 1. The molecule has 1 atom stereocenters. The van der Waals surface area contributed by atoms with Crippen LogP contribution in [0.1, 0.15) is 27.7 Å². The lowest BCUT2D eigenvalue weighted by Crippen LogP contribution is -2.20. The summed E-state index contributed by atoms with van der Waals surface area (Å²) in [6, 6.07) is 9.99. The van der Waals surface area contributed by atoms with E-state index in [1.165, 1.54) is 6.07 Å². The highest BCUT2D eigenvalue weighted by Gasteiger charge is 2.29. The van der Waals surface area contributed by atoms with Crippen LogP contribution >= 0.6 is 0 Å². The molecule has 0 saturated heterocycles. The molecule has 3 rings (SSSR count). The van der Waals surface area contributed by atoms with Gasteiger partial charge in [-0.25, -0.2) is 4.39 Å². The maximum absolute atomic E-state index is 12.8. The Bertz CT molecular complexity index is 580. The zero-order valence-corrected chi connectivity index (χ0v) is 8.85. The smallest absolute Gasteiger partial charge is 0.252 e. The quantitative estimate of drug-likeness (QED) is 0.811. The van der Waals surface area contributed by atoms with Crippen LogP contribution in [-0.4, -0.2) is 10.9 Å². The minimum Gasteiger partial charge on any atom is -0.340 e. The van der Waals surface area contributed by atoms with Crippen molar-refractivity contribution in [2.75, 3.05) is 0 Å². The average molecular weight is 228 g/mol. The normalized spacial score (nSPS) is 17.7. The zero-order chi connectivity index (χ0) is 11.8. The van der Waals surface area contributed by atoms with Crippen molar-refractivity contribution < 1.29 is 9.18 Å². The van der Waals surface area contributed by atoms with Crippen molar-refractivity contribution >= 4 is 5.91 Å². The van der Waals surface area contributed by atoms with Gasteiger partial charge in [0, 0.05) is 5.56 Å². The Hall–Kier alpha value is -2.23. The van der Waals surface area contributed by atoms with Crippen LogP contribution in [0.5, 0.6) is 0 Å². The summed E-state index contributed by atoms with van der Waals surface area (Å²) in [4.78, 5) is 15.7. The Kier molecular flexibility index (Phi) is 2.14. The van der Waals surface area contributed by atoms with Gasteiger partial charge in [-0.2, -0.15) is 0 Å². The predicted molar refractivity (Wildman–Crippen MR) is 59.9 cm³/mol. The Morgan fingerprint density at radius 1 is 1.18 bits per heavy atom. The number of benzene rings is 1. The van der Waals surface area contributed by atoms with Crippen LogP contribution < -0.4 is 5.32 Å². The number of carbonyl (C=O) groups excluding carboxylic acids is 1. The summed E-state index contributed by atoms with van der Waals surface area (Å²) >= 11 is 0. The molecule has 0 radical (unpaired) electrons. The van der Waals surface area contributed by atoms with Gasteiger partial charge in [0.2, 0.25) is 0 Å². The van der Waals surface area contributed by atoms with Crippen molar-refractivity contribution in [2.24, 2.45) is 0 Å². The van der Waals surface area contributed by atoms with Gasteiger partial charge in [0.05, 0.1) is 17.9 Å². The summed E-state index contributed by atoms with van der Waals surface area (Å²) in [5.41, 5.74) is 2.19. The van der Waals surface area contributed by atoms with E-state index in [0.717, 1.165) is 11.8 Å². The van der Waals surface area contributed by atoms with Crippen molar-refractivity contribution in [1.82, 2.24) is 10.3 Å². The molecule has 2 aromatic rings. The molecular formula is C13H9FN2O. The molecule has 3 nitrogen and oxygen atoms in total. The Morgan fingerprint density at radius 3 is 2.76 bits per heavy atom. The lowest BCUT2D eigenvalue weighted by atomic mass is 10.0. The Labute approximate surface area is 97.3 Å². The van der Waals surface area contributed by atoms with Gasteiger partial charge in [0.1, 0.15) is 5.82 Å². The highest BCUT2D eigenvalue weighted by molar-refractivity contribution is 5.99. The van der Waals surface area contributed by atoms with Crippen molar-refractivity contribution in [3.05, 3.63) is 65.2 Å². The standard InChI is InChI=1S/C13H9FN2O/c14-8-5-6-11(15-7-8)12-9-3-1-2-4-10(9)13(17)16-12/h1-7,12H,(H,16,17). The fraction of sp³-hybridized carbons (Fsp3) is 0.0769. The van der Waals surface area contributed by atoms with E-state index >= 15 is 0 Å². The van der Waals surface area contributed by atoms with Gasteiger partial charge in [0.15, 0.2) is 0 Å². The summed E-state index contributed by atoms with van der Waals surface area (Å²) < 4.78 is 12.8. The number of nitrogens with zero attached hydrogens (tertiary/aromatic N) is 1. The Morgan fingerprint density at radius 2 is 2.00 bits per heavy atom. The summed E-state index contributed by atoms with van der Waals surface area (Å²) in [7, 11) is 0. The van der Waals surface area contributed by atoms with E-state index in [4.69, 9.17) is 0 Å². The van der Waals surface area contributed by atoms with Gasteiger partial charge in [-0.15, -0.1) is 0 Å². The number of fused-ring (bicyclic) bond motifs is 1. The number of aromatic nitrogens is 1. The van der Waals surface area contributed by atoms with Crippen molar-refractivity contribution in [3.8, 4) is 0 Å². The number of halogens is 1. The van der Waals surface area contributed by atoms with Crippen LogP contribution in [0, 0.1) is 5.82 Å². The molecule has 0 fully saturated rings. The maximum atomic E-state index is 12.8. The van der Waals surface area contributed by atoms with E-state index in [9.17, 15) is 9.18 Å². The lowest BCUT2D eigenvalue weighted by Gasteiger charge is -2.10. The molecule has 1 unspecified atom stereocenters. The minimum atomic E-state index is -0.383. The molecule has 0 saturated carbocycles. The number of carbonyl (C=O) groups is 1. The summed E-state index contributed by atoms with van der Waals surface area (Å²) in [6.07, 6.45) is 1.16. The first-order chi connectivity index (χ1) is 8.25. The van der Waals surface area contributed by atoms with Crippen LogP contribution in [0.2, 0.25) is 0 Å². The second-order valence-electron chi connectivity index (χ2n) is 3.90. The molecule has 4 heteroatoms. The fourth-order valence-electron chi connectivity index (χ4n) is 2.03. The minimum absolute atomic E-state index is 0.114. The van der Waals surface area contributed by atoms with Gasteiger partial charge in [0.25, 0.3) is 5.91 Å². The molecular weight excluding hydrogens is 219 g/mol. The number of hydrogen-bond acceptors (Lipinski definition) is 2. The summed E-state index contributed by atoms with van der Waals surface area (Å²) in [5.74, 6) is -0.497. The van der Waals surface area contributed by atoms with Crippen LogP contribution in [0.25, 0.3) is 0 Å². The molecule has 0 aliphatic carbocycles. The second-order valence-corrected chi connectivity index (χ2v) is 3.90. The predicted octanol–water partition coefficient (Wildman–Crippen LogP) is 2.05. The second kappa shape index (κ2) is 3.66. The molecule has 0 bridgehead atoms. The largest absolute Gasteiger partial charge is 0.340 e. The van der Waals surface area contributed by atoms with E-state index in [1.54, 1.807) is 12.1 Å². The molecule has 1 aliphatic rings. The first kappa shape index (κ1) is 9.96. The number of nitrogens with one attached hydrogen (secondary N) is 1. The van der Waals surface area contributed by atoms with E-state index in [0.29, 0.717) is 11.3 Å². The van der Waals surface area contributed by atoms with Crippen LogP contribution in [-0.2, 0) is 0 Å². The van der Waals surface area contributed by atoms with E-state index < -0.39 is 0 Å². The van der Waals surface area contributed by atoms with Crippen molar-refractivity contribution in [3.63, 3.8) is 0 Å². The highest BCUT2D eigenvalue weighted by atomic mass is 19.1. The average Bonchev–Trinajstić information content (AvgIpc) is 2.69. The topological polar surface area (TPSA) is 42.0 Å². The van der Waals surface area contributed by atoms with E-state index in [1.807, 2.05) is 18.2 Å². The maximum Gasteiger partial charge on any atom is 0.252 e. The third-order valence-corrected chi connectivity index (χ3v) is 2.84. The number of rotatable bonds is 1. The third kappa shape index (κ3) is 1.58. The molecule has 0 spiro atoms.